The van der Waals surface area contributed by atoms with Crippen LogP contribution >= 0.6 is 0 Å². The van der Waals surface area contributed by atoms with Crippen LogP contribution in [0.4, 0.5) is 16.3 Å². The summed E-state index contributed by atoms with van der Waals surface area (Å²) in [5.41, 5.74) is 15.2. The van der Waals surface area contributed by atoms with Gasteiger partial charge in [0.2, 0.25) is 11.9 Å². The zero-order chi connectivity index (χ0) is 19.1. The third-order valence-corrected chi connectivity index (χ3v) is 4.29. The van der Waals surface area contributed by atoms with E-state index < -0.39 is 0 Å². The monoisotopic (exact) mass is 364 g/mol. The van der Waals surface area contributed by atoms with Crippen molar-refractivity contribution in [1.82, 2.24) is 29.5 Å². The highest BCUT2D eigenvalue weighted by Gasteiger charge is 2.20. The van der Waals surface area contributed by atoms with E-state index in [2.05, 4.69) is 19.9 Å². The van der Waals surface area contributed by atoms with Gasteiger partial charge in [-0.25, -0.2) is 24.3 Å². The SMILES string of the molecule is CCn1c(-c2ccnc(N)n2)nc2c(-c3cc(F)ccc3C)nc(N)nc21. The van der Waals surface area contributed by atoms with Gasteiger partial charge in [0.05, 0.1) is 0 Å². The molecule has 4 aromatic rings. The van der Waals surface area contributed by atoms with Crippen molar-refractivity contribution in [3.05, 3.63) is 41.8 Å². The topological polar surface area (TPSA) is 121 Å². The number of benzene rings is 1. The highest BCUT2D eigenvalue weighted by Crippen LogP contribution is 2.32. The first-order valence-corrected chi connectivity index (χ1v) is 8.37. The molecule has 8 nitrogen and oxygen atoms in total. The van der Waals surface area contributed by atoms with Gasteiger partial charge in [-0.1, -0.05) is 6.07 Å². The highest BCUT2D eigenvalue weighted by atomic mass is 19.1. The van der Waals surface area contributed by atoms with Crippen molar-refractivity contribution in [2.75, 3.05) is 11.5 Å². The second-order valence-corrected chi connectivity index (χ2v) is 6.04. The molecule has 3 aromatic heterocycles. The van der Waals surface area contributed by atoms with Crippen LogP contribution in [0.5, 0.6) is 0 Å². The third kappa shape index (κ3) is 2.82. The summed E-state index contributed by atoms with van der Waals surface area (Å²) < 4.78 is 15.7. The molecule has 0 saturated carbocycles. The summed E-state index contributed by atoms with van der Waals surface area (Å²) in [5, 5.41) is 0. The Morgan fingerprint density at radius 1 is 1.04 bits per heavy atom. The smallest absolute Gasteiger partial charge is 0.222 e. The van der Waals surface area contributed by atoms with E-state index >= 15 is 0 Å². The van der Waals surface area contributed by atoms with E-state index in [-0.39, 0.29) is 17.7 Å². The molecule has 4 N–H and O–H groups in total. The summed E-state index contributed by atoms with van der Waals surface area (Å²) in [5.74, 6) is 0.440. The zero-order valence-electron chi connectivity index (χ0n) is 14.8. The van der Waals surface area contributed by atoms with Gasteiger partial charge in [-0.15, -0.1) is 0 Å². The zero-order valence-corrected chi connectivity index (χ0v) is 14.8. The minimum absolute atomic E-state index is 0.0875. The van der Waals surface area contributed by atoms with E-state index in [1.807, 2.05) is 18.4 Å². The Morgan fingerprint density at radius 2 is 1.85 bits per heavy atom. The predicted molar refractivity (Wildman–Crippen MR) is 101 cm³/mol. The molecule has 9 heteroatoms. The Hall–Kier alpha value is -3.62. The number of aromatic nitrogens is 6. The molecule has 0 amide bonds. The number of hydrogen-bond acceptors (Lipinski definition) is 7. The first kappa shape index (κ1) is 16.8. The maximum absolute atomic E-state index is 13.9. The summed E-state index contributed by atoms with van der Waals surface area (Å²) in [4.78, 5) is 21.6. The van der Waals surface area contributed by atoms with Crippen LogP contribution in [-0.4, -0.2) is 29.5 Å². The number of hydrogen-bond donors (Lipinski definition) is 2. The molecule has 0 aliphatic carbocycles. The molecule has 4 rings (SSSR count). The lowest BCUT2D eigenvalue weighted by Gasteiger charge is -2.08. The maximum atomic E-state index is 13.9. The number of anilines is 2. The second-order valence-electron chi connectivity index (χ2n) is 6.04. The Kier molecular flexibility index (Phi) is 3.91. The number of nitrogen functional groups attached to an aromatic ring is 2. The molecule has 0 atom stereocenters. The van der Waals surface area contributed by atoms with Crippen LogP contribution in [0.1, 0.15) is 12.5 Å². The minimum atomic E-state index is -0.361. The molecule has 0 unspecified atom stereocenters. The second kappa shape index (κ2) is 6.27. The van der Waals surface area contributed by atoms with Gasteiger partial charge in [0.15, 0.2) is 11.5 Å². The molecule has 27 heavy (non-hydrogen) atoms. The summed E-state index contributed by atoms with van der Waals surface area (Å²) in [7, 11) is 0. The van der Waals surface area contributed by atoms with E-state index in [0.29, 0.717) is 40.5 Å². The average molecular weight is 364 g/mol. The Bertz CT molecular complexity index is 1170. The largest absolute Gasteiger partial charge is 0.368 e. The number of nitrogens with two attached hydrogens (primary N) is 2. The fourth-order valence-electron chi connectivity index (χ4n) is 3.05. The van der Waals surface area contributed by atoms with Gasteiger partial charge >= 0.3 is 0 Å². The Morgan fingerprint density at radius 3 is 2.59 bits per heavy atom. The number of imidazole rings is 1. The van der Waals surface area contributed by atoms with Crippen LogP contribution in [0.15, 0.2) is 30.5 Å². The third-order valence-electron chi connectivity index (χ3n) is 4.29. The van der Waals surface area contributed by atoms with Crippen molar-refractivity contribution < 1.29 is 4.39 Å². The van der Waals surface area contributed by atoms with Crippen molar-refractivity contribution in [1.29, 1.82) is 0 Å². The van der Waals surface area contributed by atoms with Gasteiger partial charge in [0.1, 0.15) is 22.7 Å². The molecule has 0 saturated heterocycles. The van der Waals surface area contributed by atoms with Gasteiger partial charge in [0, 0.05) is 18.3 Å². The van der Waals surface area contributed by atoms with E-state index in [9.17, 15) is 4.39 Å². The summed E-state index contributed by atoms with van der Waals surface area (Å²) in [6, 6.07) is 6.23. The number of fused-ring (bicyclic) bond motifs is 1. The van der Waals surface area contributed by atoms with Crippen LogP contribution < -0.4 is 11.5 Å². The lowest BCUT2D eigenvalue weighted by Crippen LogP contribution is -2.04. The highest BCUT2D eigenvalue weighted by molar-refractivity contribution is 5.91. The van der Waals surface area contributed by atoms with Crippen LogP contribution in [0.25, 0.3) is 33.9 Å². The van der Waals surface area contributed by atoms with Crippen molar-refractivity contribution in [2.45, 2.75) is 20.4 Å². The van der Waals surface area contributed by atoms with Gasteiger partial charge in [-0.3, -0.25) is 0 Å². The van der Waals surface area contributed by atoms with E-state index in [4.69, 9.17) is 16.5 Å². The standard InChI is InChI=1S/C18H17FN8/c1-3-27-15(12-6-7-22-17(20)23-12)24-14-13(25-18(21)26-16(14)27)11-8-10(19)5-4-9(11)2/h4-8H,3H2,1-2H3,(H2,20,22,23)(H2,21,25,26). The molecular formula is C18H17FN8. The van der Waals surface area contributed by atoms with E-state index in [1.165, 1.54) is 12.1 Å². The number of nitrogens with zero attached hydrogens (tertiary/aromatic N) is 6. The minimum Gasteiger partial charge on any atom is -0.368 e. The molecule has 0 aliphatic heterocycles. The quantitative estimate of drug-likeness (QED) is 0.573. The van der Waals surface area contributed by atoms with Gasteiger partial charge in [0.25, 0.3) is 0 Å². The molecule has 0 bridgehead atoms. The first-order valence-electron chi connectivity index (χ1n) is 8.37. The van der Waals surface area contributed by atoms with Crippen molar-refractivity contribution in [3.63, 3.8) is 0 Å². The van der Waals surface area contributed by atoms with E-state index in [0.717, 1.165) is 5.56 Å². The van der Waals surface area contributed by atoms with Gasteiger partial charge in [-0.2, -0.15) is 4.98 Å². The number of rotatable bonds is 3. The predicted octanol–water partition coefficient (Wildman–Crippen LogP) is 2.58. The fourth-order valence-corrected chi connectivity index (χ4v) is 3.05. The Balaban J connectivity index is 2.06. The van der Waals surface area contributed by atoms with Crippen LogP contribution in [-0.2, 0) is 6.54 Å². The van der Waals surface area contributed by atoms with Crippen molar-refractivity contribution in [3.8, 4) is 22.8 Å². The van der Waals surface area contributed by atoms with E-state index in [1.54, 1.807) is 18.3 Å². The fraction of sp³-hybridized carbons (Fsp3) is 0.167. The van der Waals surface area contributed by atoms with Crippen LogP contribution in [0.2, 0.25) is 0 Å². The average Bonchev–Trinajstić information content (AvgIpc) is 3.01. The normalized spacial score (nSPS) is 11.2. The summed E-state index contributed by atoms with van der Waals surface area (Å²) in [6.07, 6.45) is 1.56. The molecule has 0 aliphatic rings. The molecule has 3 heterocycles. The summed E-state index contributed by atoms with van der Waals surface area (Å²) in [6.45, 7) is 4.41. The molecule has 0 fully saturated rings. The maximum Gasteiger partial charge on any atom is 0.222 e. The number of aryl methyl sites for hydroxylation is 2. The van der Waals surface area contributed by atoms with Crippen LogP contribution in [0, 0.1) is 12.7 Å². The van der Waals surface area contributed by atoms with Crippen molar-refractivity contribution >= 4 is 23.1 Å². The molecule has 1 aromatic carbocycles. The van der Waals surface area contributed by atoms with Gasteiger partial charge < -0.3 is 16.0 Å². The van der Waals surface area contributed by atoms with Crippen LogP contribution in [0.3, 0.4) is 0 Å². The Labute approximate surface area is 154 Å². The summed E-state index contributed by atoms with van der Waals surface area (Å²) >= 11 is 0. The molecule has 0 radical (unpaired) electrons. The first-order chi connectivity index (χ1) is 13.0. The van der Waals surface area contributed by atoms with Crippen molar-refractivity contribution in [2.24, 2.45) is 0 Å². The molecular weight excluding hydrogens is 347 g/mol. The molecule has 136 valence electrons. The lowest BCUT2D eigenvalue weighted by molar-refractivity contribution is 0.628. The lowest BCUT2D eigenvalue weighted by atomic mass is 10.0. The molecule has 0 spiro atoms. The van der Waals surface area contributed by atoms with Gasteiger partial charge in [-0.05, 0) is 37.6 Å². The number of halogens is 1.